The predicted molar refractivity (Wildman–Crippen MR) is 84.6 cm³/mol. The molecular formula is C18H19NO3. The number of rotatable bonds is 5. The molecule has 3 rings (SSSR count). The standard InChI is InChI=1S/C18H19NO3/c20-16(19-18(9-4-10-18)12-17(21)22)11-14-7-3-6-13-5-1-2-8-15(13)14/h1-3,5-8H,4,9-12H2,(H,19,20)(H,21,22). The Bertz CT molecular complexity index is 714. The van der Waals surface area contributed by atoms with Gasteiger partial charge in [0.25, 0.3) is 0 Å². The average molecular weight is 297 g/mol. The molecule has 4 heteroatoms. The normalized spacial score (nSPS) is 16.0. The monoisotopic (exact) mass is 297 g/mol. The first kappa shape index (κ1) is 14.6. The molecule has 1 fully saturated rings. The summed E-state index contributed by atoms with van der Waals surface area (Å²) in [4.78, 5) is 23.3. The second-order valence-corrected chi connectivity index (χ2v) is 6.07. The van der Waals surface area contributed by atoms with E-state index in [9.17, 15) is 9.59 Å². The molecular weight excluding hydrogens is 278 g/mol. The van der Waals surface area contributed by atoms with Crippen LogP contribution in [0.25, 0.3) is 10.8 Å². The van der Waals surface area contributed by atoms with Crippen molar-refractivity contribution in [2.75, 3.05) is 0 Å². The fourth-order valence-corrected chi connectivity index (χ4v) is 3.20. The molecule has 2 N–H and O–H groups in total. The van der Waals surface area contributed by atoms with Crippen molar-refractivity contribution in [3.63, 3.8) is 0 Å². The molecule has 1 amide bonds. The Kier molecular flexibility index (Phi) is 3.84. The molecule has 0 bridgehead atoms. The van der Waals surface area contributed by atoms with Crippen LogP contribution in [0.1, 0.15) is 31.2 Å². The maximum absolute atomic E-state index is 12.3. The zero-order chi connectivity index (χ0) is 15.6. The maximum Gasteiger partial charge on any atom is 0.305 e. The van der Waals surface area contributed by atoms with Crippen molar-refractivity contribution in [2.45, 2.75) is 37.6 Å². The van der Waals surface area contributed by atoms with E-state index in [0.717, 1.165) is 35.6 Å². The predicted octanol–water partition coefficient (Wildman–Crippen LogP) is 2.90. The Morgan fingerprint density at radius 2 is 1.82 bits per heavy atom. The summed E-state index contributed by atoms with van der Waals surface area (Å²) in [5.74, 6) is -0.956. The number of aliphatic carboxylic acids is 1. The van der Waals surface area contributed by atoms with Crippen LogP contribution in [-0.2, 0) is 16.0 Å². The van der Waals surface area contributed by atoms with Crippen molar-refractivity contribution in [1.29, 1.82) is 0 Å². The summed E-state index contributed by atoms with van der Waals surface area (Å²) in [5.41, 5.74) is 0.438. The third-order valence-corrected chi connectivity index (χ3v) is 4.44. The van der Waals surface area contributed by atoms with Crippen LogP contribution in [0.5, 0.6) is 0 Å². The topological polar surface area (TPSA) is 66.4 Å². The lowest BCUT2D eigenvalue weighted by molar-refractivity contribution is -0.140. The summed E-state index contributed by atoms with van der Waals surface area (Å²) >= 11 is 0. The molecule has 1 saturated carbocycles. The van der Waals surface area contributed by atoms with Gasteiger partial charge in [0, 0.05) is 0 Å². The van der Waals surface area contributed by atoms with E-state index in [0.29, 0.717) is 0 Å². The zero-order valence-corrected chi connectivity index (χ0v) is 12.3. The zero-order valence-electron chi connectivity index (χ0n) is 12.3. The molecule has 0 aliphatic heterocycles. The molecule has 0 spiro atoms. The van der Waals surface area contributed by atoms with E-state index in [1.165, 1.54) is 0 Å². The molecule has 2 aromatic rings. The molecule has 0 saturated heterocycles. The van der Waals surface area contributed by atoms with Gasteiger partial charge in [0.1, 0.15) is 0 Å². The smallest absolute Gasteiger partial charge is 0.305 e. The van der Waals surface area contributed by atoms with Gasteiger partial charge in [0.2, 0.25) is 5.91 Å². The quantitative estimate of drug-likeness (QED) is 0.891. The molecule has 4 nitrogen and oxygen atoms in total. The number of amides is 1. The highest BCUT2D eigenvalue weighted by Gasteiger charge is 2.40. The number of carbonyl (C=O) groups excluding carboxylic acids is 1. The molecule has 114 valence electrons. The van der Waals surface area contributed by atoms with Crippen molar-refractivity contribution in [1.82, 2.24) is 5.32 Å². The Hall–Kier alpha value is -2.36. The van der Waals surface area contributed by atoms with E-state index >= 15 is 0 Å². The van der Waals surface area contributed by atoms with Gasteiger partial charge < -0.3 is 10.4 Å². The van der Waals surface area contributed by atoms with E-state index in [1.54, 1.807) is 0 Å². The van der Waals surface area contributed by atoms with Crippen LogP contribution in [0.3, 0.4) is 0 Å². The fourth-order valence-electron chi connectivity index (χ4n) is 3.20. The molecule has 0 unspecified atom stereocenters. The number of fused-ring (bicyclic) bond motifs is 1. The van der Waals surface area contributed by atoms with Crippen LogP contribution in [0.15, 0.2) is 42.5 Å². The Morgan fingerprint density at radius 1 is 1.09 bits per heavy atom. The largest absolute Gasteiger partial charge is 0.481 e. The van der Waals surface area contributed by atoms with Crippen molar-refractivity contribution >= 4 is 22.6 Å². The van der Waals surface area contributed by atoms with Crippen LogP contribution < -0.4 is 5.32 Å². The van der Waals surface area contributed by atoms with Gasteiger partial charge in [-0.15, -0.1) is 0 Å². The summed E-state index contributed by atoms with van der Waals surface area (Å²) in [6, 6.07) is 13.9. The van der Waals surface area contributed by atoms with Gasteiger partial charge in [-0.2, -0.15) is 0 Å². The van der Waals surface area contributed by atoms with Crippen LogP contribution in [0.4, 0.5) is 0 Å². The summed E-state index contributed by atoms with van der Waals surface area (Å²) in [5, 5.41) is 14.1. The number of benzene rings is 2. The van der Waals surface area contributed by atoms with Crippen LogP contribution >= 0.6 is 0 Å². The van der Waals surface area contributed by atoms with Crippen molar-refractivity contribution < 1.29 is 14.7 Å². The molecule has 1 aliphatic rings. The third-order valence-electron chi connectivity index (χ3n) is 4.44. The summed E-state index contributed by atoms with van der Waals surface area (Å²) in [6.45, 7) is 0. The summed E-state index contributed by atoms with van der Waals surface area (Å²) in [6.07, 6.45) is 2.76. The Balaban J connectivity index is 1.75. The molecule has 0 atom stereocenters. The average Bonchev–Trinajstić information content (AvgIpc) is 2.45. The van der Waals surface area contributed by atoms with E-state index in [-0.39, 0.29) is 18.7 Å². The molecule has 0 aromatic heterocycles. The fraction of sp³-hybridized carbons (Fsp3) is 0.333. The Labute approximate surface area is 129 Å². The lowest BCUT2D eigenvalue weighted by Crippen LogP contribution is -2.55. The highest BCUT2D eigenvalue weighted by molar-refractivity contribution is 5.90. The minimum absolute atomic E-state index is 0.00821. The van der Waals surface area contributed by atoms with Crippen LogP contribution in [0, 0.1) is 0 Å². The van der Waals surface area contributed by atoms with Gasteiger partial charge >= 0.3 is 5.97 Å². The molecule has 2 aromatic carbocycles. The SMILES string of the molecule is O=C(O)CC1(NC(=O)Cc2cccc3ccccc23)CCC1. The minimum Gasteiger partial charge on any atom is -0.481 e. The van der Waals surface area contributed by atoms with Crippen molar-refractivity contribution in [3.8, 4) is 0 Å². The molecule has 1 aliphatic carbocycles. The van der Waals surface area contributed by atoms with E-state index in [2.05, 4.69) is 5.32 Å². The summed E-state index contributed by atoms with van der Waals surface area (Å²) in [7, 11) is 0. The highest BCUT2D eigenvalue weighted by Crippen LogP contribution is 2.35. The third kappa shape index (κ3) is 2.96. The van der Waals surface area contributed by atoms with Gasteiger partial charge in [-0.1, -0.05) is 42.5 Å². The van der Waals surface area contributed by atoms with Gasteiger partial charge in [0.05, 0.1) is 18.4 Å². The van der Waals surface area contributed by atoms with Crippen molar-refractivity contribution in [3.05, 3.63) is 48.0 Å². The van der Waals surface area contributed by atoms with Gasteiger partial charge in [-0.05, 0) is 35.6 Å². The number of carboxylic acid groups (broad SMARTS) is 1. The first-order valence-electron chi connectivity index (χ1n) is 7.57. The van der Waals surface area contributed by atoms with E-state index < -0.39 is 11.5 Å². The number of nitrogens with one attached hydrogen (secondary N) is 1. The second kappa shape index (κ2) is 5.79. The first-order chi connectivity index (χ1) is 10.6. The number of hydrogen-bond donors (Lipinski definition) is 2. The van der Waals surface area contributed by atoms with Crippen LogP contribution in [0.2, 0.25) is 0 Å². The molecule has 22 heavy (non-hydrogen) atoms. The van der Waals surface area contributed by atoms with Gasteiger partial charge in [-0.3, -0.25) is 9.59 Å². The lowest BCUT2D eigenvalue weighted by atomic mass is 9.74. The number of hydrogen-bond acceptors (Lipinski definition) is 2. The number of carboxylic acids is 1. The van der Waals surface area contributed by atoms with Crippen LogP contribution in [-0.4, -0.2) is 22.5 Å². The van der Waals surface area contributed by atoms with E-state index in [4.69, 9.17) is 5.11 Å². The lowest BCUT2D eigenvalue weighted by Gasteiger charge is -2.41. The first-order valence-corrected chi connectivity index (χ1v) is 7.57. The molecule has 0 radical (unpaired) electrons. The number of carbonyl (C=O) groups is 2. The Morgan fingerprint density at radius 3 is 2.50 bits per heavy atom. The van der Waals surface area contributed by atoms with Gasteiger partial charge in [0.15, 0.2) is 0 Å². The van der Waals surface area contributed by atoms with Crippen molar-refractivity contribution in [2.24, 2.45) is 0 Å². The minimum atomic E-state index is -0.856. The van der Waals surface area contributed by atoms with E-state index in [1.807, 2.05) is 42.5 Å². The molecule has 0 heterocycles. The summed E-state index contributed by atoms with van der Waals surface area (Å²) < 4.78 is 0. The second-order valence-electron chi connectivity index (χ2n) is 6.07. The highest BCUT2D eigenvalue weighted by atomic mass is 16.4. The maximum atomic E-state index is 12.3. The van der Waals surface area contributed by atoms with Gasteiger partial charge in [-0.25, -0.2) is 0 Å².